The van der Waals surface area contributed by atoms with Gasteiger partial charge in [-0.15, -0.1) is 0 Å². The van der Waals surface area contributed by atoms with E-state index in [0.717, 1.165) is 26.1 Å². The molecule has 29 heavy (non-hydrogen) atoms. The molecule has 0 atom stereocenters. The van der Waals surface area contributed by atoms with E-state index >= 15 is 0 Å². The second kappa shape index (κ2) is 10.0. The Morgan fingerprint density at radius 2 is 1.72 bits per heavy atom. The van der Waals surface area contributed by atoms with Crippen LogP contribution in [0.15, 0.2) is 42.5 Å². The number of ketones is 1. The minimum absolute atomic E-state index is 0.127. The number of benzene rings is 2. The molecule has 0 bridgehead atoms. The number of Topliss-reactive ketones (excluding diaryl/α,β-unsaturated/α-hetero) is 1. The first-order valence-corrected chi connectivity index (χ1v) is 9.58. The first-order chi connectivity index (χ1) is 14.0. The largest absolute Gasteiger partial charge is 0.491 e. The van der Waals surface area contributed by atoms with E-state index in [1.807, 2.05) is 0 Å². The number of ether oxygens (including phenoxy) is 4. The number of amides is 1. The summed E-state index contributed by atoms with van der Waals surface area (Å²) >= 11 is 0. The number of hydrogen-bond acceptors (Lipinski definition) is 6. The molecule has 0 saturated carbocycles. The van der Waals surface area contributed by atoms with Crippen LogP contribution in [0.1, 0.15) is 40.5 Å². The van der Waals surface area contributed by atoms with E-state index in [0.29, 0.717) is 30.3 Å². The predicted octanol–water partition coefficient (Wildman–Crippen LogP) is 3.35. The van der Waals surface area contributed by atoms with Crippen molar-refractivity contribution in [3.05, 3.63) is 53.6 Å². The molecule has 154 valence electrons. The van der Waals surface area contributed by atoms with E-state index < -0.39 is 5.91 Å². The first-order valence-electron chi connectivity index (χ1n) is 9.58. The first kappa shape index (κ1) is 20.8. The molecule has 1 amide bonds. The lowest BCUT2D eigenvalue weighted by atomic mass is 10.1. The molecule has 0 unspecified atom stereocenters. The van der Waals surface area contributed by atoms with Crippen LogP contribution in [0.3, 0.4) is 0 Å². The average molecular weight is 399 g/mol. The summed E-state index contributed by atoms with van der Waals surface area (Å²) in [5.74, 6) is 0.667. The topological polar surface area (TPSA) is 97.1 Å². The molecule has 7 heteroatoms. The maximum Gasteiger partial charge on any atom is 0.252 e. The summed E-state index contributed by atoms with van der Waals surface area (Å²) < 4.78 is 22.5. The molecular formula is C22H25NO6. The van der Waals surface area contributed by atoms with Gasteiger partial charge in [0.2, 0.25) is 0 Å². The van der Waals surface area contributed by atoms with Crippen LogP contribution in [0.4, 0.5) is 0 Å². The van der Waals surface area contributed by atoms with Crippen molar-refractivity contribution in [2.45, 2.75) is 25.9 Å². The number of nitrogens with two attached hydrogens (primary N) is 1. The molecule has 2 aromatic carbocycles. The summed E-state index contributed by atoms with van der Waals surface area (Å²) in [6, 6.07) is 11.5. The van der Waals surface area contributed by atoms with Gasteiger partial charge in [-0.05, 0) is 56.2 Å². The molecule has 1 aliphatic heterocycles. The maximum absolute atomic E-state index is 11.6. The molecule has 1 aliphatic rings. The summed E-state index contributed by atoms with van der Waals surface area (Å²) in [5, 5.41) is 0. The highest BCUT2D eigenvalue weighted by Crippen LogP contribution is 2.28. The van der Waals surface area contributed by atoms with Gasteiger partial charge in [0.1, 0.15) is 23.9 Å². The van der Waals surface area contributed by atoms with E-state index in [2.05, 4.69) is 0 Å². The Bertz CT molecular complexity index is 843. The fourth-order valence-electron chi connectivity index (χ4n) is 2.98. The van der Waals surface area contributed by atoms with Crippen LogP contribution in [-0.4, -0.2) is 44.2 Å². The van der Waals surface area contributed by atoms with Crippen LogP contribution in [0, 0.1) is 0 Å². The summed E-state index contributed by atoms with van der Waals surface area (Å²) in [6.45, 7) is 3.91. The molecule has 1 heterocycles. The number of carbonyl (C=O) groups excluding carboxylic acids is 2. The smallest absolute Gasteiger partial charge is 0.252 e. The molecule has 1 fully saturated rings. The molecule has 7 nitrogen and oxygen atoms in total. The minimum atomic E-state index is -0.625. The van der Waals surface area contributed by atoms with E-state index in [-0.39, 0.29) is 23.2 Å². The summed E-state index contributed by atoms with van der Waals surface area (Å²) in [7, 11) is 0. The molecule has 0 spiro atoms. The second-order valence-corrected chi connectivity index (χ2v) is 6.74. The number of rotatable bonds is 9. The Hall–Kier alpha value is -2.90. The van der Waals surface area contributed by atoms with E-state index in [1.165, 1.54) is 19.1 Å². The Labute approximate surface area is 169 Å². The van der Waals surface area contributed by atoms with Crippen molar-refractivity contribution in [3.8, 4) is 17.2 Å². The Morgan fingerprint density at radius 3 is 2.38 bits per heavy atom. The van der Waals surface area contributed by atoms with Crippen molar-refractivity contribution >= 4 is 11.7 Å². The van der Waals surface area contributed by atoms with Crippen molar-refractivity contribution in [2.24, 2.45) is 5.73 Å². The zero-order valence-electron chi connectivity index (χ0n) is 16.4. The fourth-order valence-corrected chi connectivity index (χ4v) is 2.98. The van der Waals surface area contributed by atoms with E-state index in [4.69, 9.17) is 24.7 Å². The summed E-state index contributed by atoms with van der Waals surface area (Å²) in [4.78, 5) is 23.2. The highest BCUT2D eigenvalue weighted by Gasteiger charge is 2.14. The zero-order chi connectivity index (χ0) is 20.6. The Morgan fingerprint density at radius 1 is 1.03 bits per heavy atom. The standard InChI is InChI=1S/C22H25NO6/c1-15(24)16-2-7-20(22(23)25)21(14-16)29-19-5-3-17(4-6-19)27-12-13-28-18-8-10-26-11-9-18/h2-7,14,18H,8-13H2,1H3,(H2,23,25). The van der Waals surface area contributed by atoms with Gasteiger partial charge in [-0.3, -0.25) is 9.59 Å². The van der Waals surface area contributed by atoms with Gasteiger partial charge < -0.3 is 24.7 Å². The molecule has 0 radical (unpaired) electrons. The highest BCUT2D eigenvalue weighted by atomic mass is 16.5. The third kappa shape index (κ3) is 6.04. The minimum Gasteiger partial charge on any atom is -0.491 e. The lowest BCUT2D eigenvalue weighted by Gasteiger charge is -2.22. The molecule has 0 aromatic heterocycles. The van der Waals surface area contributed by atoms with E-state index in [1.54, 1.807) is 30.3 Å². The summed E-state index contributed by atoms with van der Waals surface area (Å²) in [5.41, 5.74) is 6.05. The molecule has 1 saturated heterocycles. The van der Waals surface area contributed by atoms with Gasteiger partial charge in [0, 0.05) is 18.8 Å². The van der Waals surface area contributed by atoms with Crippen LogP contribution in [0.5, 0.6) is 17.2 Å². The van der Waals surface area contributed by atoms with Crippen molar-refractivity contribution in [2.75, 3.05) is 26.4 Å². The normalized spacial score (nSPS) is 14.4. The van der Waals surface area contributed by atoms with Crippen LogP contribution in [0.2, 0.25) is 0 Å². The number of primary amides is 1. The van der Waals surface area contributed by atoms with Gasteiger partial charge in [0.05, 0.1) is 18.3 Å². The van der Waals surface area contributed by atoms with Gasteiger partial charge in [-0.25, -0.2) is 0 Å². The van der Waals surface area contributed by atoms with Gasteiger partial charge in [-0.2, -0.15) is 0 Å². The Kier molecular flexibility index (Phi) is 7.21. The van der Waals surface area contributed by atoms with E-state index in [9.17, 15) is 9.59 Å². The predicted molar refractivity (Wildman–Crippen MR) is 107 cm³/mol. The van der Waals surface area contributed by atoms with Gasteiger partial charge >= 0.3 is 0 Å². The van der Waals surface area contributed by atoms with Crippen LogP contribution in [-0.2, 0) is 9.47 Å². The lowest BCUT2D eigenvalue weighted by Crippen LogP contribution is -2.25. The summed E-state index contributed by atoms with van der Waals surface area (Å²) in [6.07, 6.45) is 2.09. The molecule has 0 aliphatic carbocycles. The third-order valence-electron chi connectivity index (χ3n) is 4.58. The average Bonchev–Trinajstić information content (AvgIpc) is 2.73. The molecule has 3 rings (SSSR count). The van der Waals surface area contributed by atoms with Gasteiger partial charge in [0.25, 0.3) is 5.91 Å². The number of hydrogen-bond donors (Lipinski definition) is 1. The maximum atomic E-state index is 11.6. The number of carbonyl (C=O) groups is 2. The van der Waals surface area contributed by atoms with Crippen molar-refractivity contribution < 1.29 is 28.5 Å². The van der Waals surface area contributed by atoms with Crippen molar-refractivity contribution in [1.82, 2.24) is 0 Å². The second-order valence-electron chi connectivity index (χ2n) is 6.74. The fraction of sp³-hybridized carbons (Fsp3) is 0.364. The third-order valence-corrected chi connectivity index (χ3v) is 4.58. The molecule has 2 aromatic rings. The highest BCUT2D eigenvalue weighted by molar-refractivity contribution is 5.99. The Balaban J connectivity index is 1.55. The lowest BCUT2D eigenvalue weighted by molar-refractivity contribution is -0.0388. The molecular weight excluding hydrogens is 374 g/mol. The van der Waals surface area contributed by atoms with Crippen LogP contribution < -0.4 is 15.2 Å². The SMILES string of the molecule is CC(=O)c1ccc(C(N)=O)c(Oc2ccc(OCCOC3CCOCC3)cc2)c1. The van der Waals surface area contributed by atoms with Crippen molar-refractivity contribution in [1.29, 1.82) is 0 Å². The quantitative estimate of drug-likeness (QED) is 0.513. The van der Waals surface area contributed by atoms with Gasteiger partial charge in [-0.1, -0.05) is 6.07 Å². The zero-order valence-corrected chi connectivity index (χ0v) is 16.4. The monoisotopic (exact) mass is 399 g/mol. The van der Waals surface area contributed by atoms with Crippen LogP contribution >= 0.6 is 0 Å². The van der Waals surface area contributed by atoms with Gasteiger partial charge in [0.15, 0.2) is 5.78 Å². The van der Waals surface area contributed by atoms with Crippen LogP contribution in [0.25, 0.3) is 0 Å². The van der Waals surface area contributed by atoms with Crippen molar-refractivity contribution in [3.63, 3.8) is 0 Å². The molecule has 2 N–H and O–H groups in total.